The van der Waals surface area contributed by atoms with Gasteiger partial charge in [-0.25, -0.2) is 0 Å². The summed E-state index contributed by atoms with van der Waals surface area (Å²) < 4.78 is 0. The highest BCUT2D eigenvalue weighted by Gasteiger charge is 2.38. The summed E-state index contributed by atoms with van der Waals surface area (Å²) in [6, 6.07) is 8.36. The molecule has 1 aromatic rings. The van der Waals surface area contributed by atoms with Crippen molar-refractivity contribution in [3.63, 3.8) is 0 Å². The molecule has 2 fully saturated rings. The molecule has 1 saturated carbocycles. The van der Waals surface area contributed by atoms with Gasteiger partial charge in [0.2, 0.25) is 11.8 Å². The van der Waals surface area contributed by atoms with Crippen LogP contribution in [0.5, 0.6) is 0 Å². The maximum absolute atomic E-state index is 12.5. The number of amides is 2. The number of rotatable bonds is 3. The average molecular weight is 327 g/mol. The molecular weight excluding hydrogens is 302 g/mol. The van der Waals surface area contributed by atoms with Crippen molar-refractivity contribution in [2.45, 2.75) is 50.6 Å². The molecule has 5 heteroatoms. The molecule has 0 radical (unpaired) electrons. The fraction of sp³-hybridized carbons (Fsp3) is 0.579. The molecule has 1 aliphatic carbocycles. The Balaban J connectivity index is 1.31. The van der Waals surface area contributed by atoms with Crippen molar-refractivity contribution in [2.75, 3.05) is 18.0 Å². The van der Waals surface area contributed by atoms with Crippen molar-refractivity contribution in [3.05, 3.63) is 29.8 Å². The lowest BCUT2D eigenvalue weighted by molar-refractivity contribution is -0.126. The minimum atomic E-state index is -0.128. The van der Waals surface area contributed by atoms with Crippen molar-refractivity contribution in [1.82, 2.24) is 10.6 Å². The number of benzene rings is 1. The Labute approximate surface area is 142 Å². The van der Waals surface area contributed by atoms with Crippen LogP contribution in [0.15, 0.2) is 24.3 Å². The van der Waals surface area contributed by atoms with E-state index in [1.165, 1.54) is 31.2 Å². The van der Waals surface area contributed by atoms with Crippen LogP contribution in [0.3, 0.4) is 0 Å². The lowest BCUT2D eigenvalue weighted by atomic mass is 9.85. The Morgan fingerprint density at radius 3 is 2.92 bits per heavy atom. The summed E-state index contributed by atoms with van der Waals surface area (Å²) in [5.41, 5.74) is 2.19. The second kappa shape index (κ2) is 6.55. The highest BCUT2D eigenvalue weighted by atomic mass is 16.2. The Kier molecular flexibility index (Phi) is 4.27. The molecule has 5 nitrogen and oxygen atoms in total. The second-order valence-electron chi connectivity index (χ2n) is 7.25. The molecule has 1 saturated heterocycles. The smallest absolute Gasteiger partial charge is 0.246 e. The normalized spacial score (nSPS) is 28.3. The number of carbonyl (C=O) groups excluding carboxylic acids is 2. The predicted molar refractivity (Wildman–Crippen MR) is 92.8 cm³/mol. The van der Waals surface area contributed by atoms with Crippen molar-refractivity contribution in [3.8, 4) is 0 Å². The summed E-state index contributed by atoms with van der Waals surface area (Å²) in [7, 11) is 0. The Morgan fingerprint density at radius 2 is 2.04 bits per heavy atom. The maximum atomic E-state index is 12.5. The van der Waals surface area contributed by atoms with Crippen molar-refractivity contribution >= 4 is 17.5 Å². The first-order valence-electron chi connectivity index (χ1n) is 9.14. The van der Waals surface area contributed by atoms with Gasteiger partial charge < -0.3 is 15.5 Å². The van der Waals surface area contributed by atoms with E-state index in [4.69, 9.17) is 0 Å². The monoisotopic (exact) mass is 327 g/mol. The first-order valence-corrected chi connectivity index (χ1v) is 9.14. The zero-order chi connectivity index (χ0) is 16.5. The van der Waals surface area contributed by atoms with Crippen molar-refractivity contribution < 1.29 is 9.59 Å². The summed E-state index contributed by atoms with van der Waals surface area (Å²) in [6.07, 6.45) is 6.75. The van der Waals surface area contributed by atoms with E-state index in [1.54, 1.807) is 4.90 Å². The van der Waals surface area contributed by atoms with Crippen LogP contribution in [-0.2, 0) is 16.0 Å². The van der Waals surface area contributed by atoms with Gasteiger partial charge in [-0.3, -0.25) is 9.59 Å². The minimum absolute atomic E-state index is 0.0229. The SMILES string of the molecule is O=C(NCC(=O)N1CCc2ccccc21)C1CC2CCCCC2N1. The van der Waals surface area contributed by atoms with E-state index >= 15 is 0 Å². The topological polar surface area (TPSA) is 61.4 Å². The largest absolute Gasteiger partial charge is 0.346 e. The number of hydrogen-bond donors (Lipinski definition) is 2. The molecule has 3 unspecified atom stereocenters. The third-order valence-corrected chi connectivity index (χ3v) is 5.78. The van der Waals surface area contributed by atoms with E-state index < -0.39 is 0 Å². The lowest BCUT2D eigenvalue weighted by Gasteiger charge is -2.24. The highest BCUT2D eigenvalue weighted by Crippen LogP contribution is 2.33. The molecule has 3 atom stereocenters. The van der Waals surface area contributed by atoms with Gasteiger partial charge in [0.15, 0.2) is 0 Å². The summed E-state index contributed by atoms with van der Waals surface area (Å²) >= 11 is 0. The standard InChI is InChI=1S/C19H25N3O2/c23-18(22-10-9-13-5-2-4-8-17(13)22)12-20-19(24)16-11-14-6-1-3-7-15(14)21-16/h2,4-5,8,14-16,21H,1,3,6-7,9-12H2,(H,20,24). The van der Waals surface area contributed by atoms with Crippen LogP contribution in [0, 0.1) is 5.92 Å². The number of carbonyl (C=O) groups is 2. The van der Waals surface area contributed by atoms with E-state index in [1.807, 2.05) is 18.2 Å². The molecule has 24 heavy (non-hydrogen) atoms. The Hall–Kier alpha value is -1.88. The number of fused-ring (bicyclic) bond motifs is 2. The molecule has 0 bridgehead atoms. The van der Waals surface area contributed by atoms with E-state index in [2.05, 4.69) is 16.7 Å². The summed E-state index contributed by atoms with van der Waals surface area (Å²) in [5.74, 6) is 0.588. The van der Waals surface area contributed by atoms with Crippen LogP contribution in [-0.4, -0.2) is 37.0 Å². The van der Waals surface area contributed by atoms with Gasteiger partial charge in [-0.1, -0.05) is 31.0 Å². The molecule has 2 N–H and O–H groups in total. The van der Waals surface area contributed by atoms with Crippen molar-refractivity contribution in [2.24, 2.45) is 5.92 Å². The summed E-state index contributed by atoms with van der Waals surface area (Å²) in [6.45, 7) is 0.792. The molecule has 3 aliphatic rings. The van der Waals surface area contributed by atoms with E-state index in [9.17, 15) is 9.59 Å². The van der Waals surface area contributed by atoms with Gasteiger partial charge in [-0.15, -0.1) is 0 Å². The Morgan fingerprint density at radius 1 is 1.21 bits per heavy atom. The van der Waals surface area contributed by atoms with Gasteiger partial charge in [0.25, 0.3) is 0 Å². The van der Waals surface area contributed by atoms with Crippen molar-refractivity contribution in [1.29, 1.82) is 0 Å². The van der Waals surface area contributed by atoms with Gasteiger partial charge in [0, 0.05) is 18.3 Å². The molecule has 0 spiro atoms. The number of hydrogen-bond acceptors (Lipinski definition) is 3. The fourth-order valence-electron chi connectivity index (χ4n) is 4.50. The third kappa shape index (κ3) is 2.93. The number of nitrogens with zero attached hydrogens (tertiary/aromatic N) is 1. The molecule has 128 valence electrons. The molecular formula is C19H25N3O2. The van der Waals surface area contributed by atoms with Crippen LogP contribution in [0.1, 0.15) is 37.7 Å². The Bertz CT molecular complexity index is 631. The number of anilines is 1. The van der Waals surface area contributed by atoms with Crippen LogP contribution in [0.25, 0.3) is 0 Å². The van der Waals surface area contributed by atoms with Gasteiger partial charge in [0.05, 0.1) is 12.6 Å². The third-order valence-electron chi connectivity index (χ3n) is 5.78. The first-order chi connectivity index (χ1) is 11.7. The van der Waals surface area contributed by atoms with Crippen LogP contribution >= 0.6 is 0 Å². The zero-order valence-corrected chi connectivity index (χ0v) is 14.0. The lowest BCUT2D eigenvalue weighted by Crippen LogP contribution is -2.46. The molecule has 0 aromatic heterocycles. The molecule has 2 amide bonds. The average Bonchev–Trinajstić information content (AvgIpc) is 3.23. The predicted octanol–water partition coefficient (Wildman–Crippen LogP) is 1.61. The maximum Gasteiger partial charge on any atom is 0.246 e. The zero-order valence-electron chi connectivity index (χ0n) is 14.0. The summed E-state index contributed by atoms with van der Waals surface area (Å²) in [5, 5.41) is 6.31. The van der Waals surface area contributed by atoms with E-state index in [0.29, 0.717) is 18.5 Å². The van der Waals surface area contributed by atoms with Gasteiger partial charge in [0.1, 0.15) is 0 Å². The van der Waals surface area contributed by atoms with Gasteiger partial charge in [-0.05, 0) is 43.2 Å². The van der Waals surface area contributed by atoms with Crippen LogP contribution in [0.2, 0.25) is 0 Å². The van der Waals surface area contributed by atoms with Crippen LogP contribution < -0.4 is 15.5 Å². The minimum Gasteiger partial charge on any atom is -0.346 e. The van der Waals surface area contributed by atoms with E-state index in [-0.39, 0.29) is 24.4 Å². The first kappa shape index (κ1) is 15.6. The van der Waals surface area contributed by atoms with Gasteiger partial charge in [-0.2, -0.15) is 0 Å². The fourth-order valence-corrected chi connectivity index (χ4v) is 4.50. The van der Waals surface area contributed by atoms with Crippen LogP contribution in [0.4, 0.5) is 5.69 Å². The molecule has 4 rings (SSSR count). The van der Waals surface area contributed by atoms with Gasteiger partial charge >= 0.3 is 0 Å². The molecule has 1 aromatic carbocycles. The second-order valence-corrected chi connectivity index (χ2v) is 7.25. The van der Waals surface area contributed by atoms with E-state index in [0.717, 1.165) is 18.5 Å². The molecule has 2 heterocycles. The quantitative estimate of drug-likeness (QED) is 0.887. The number of para-hydroxylation sites is 1. The molecule has 2 aliphatic heterocycles. The number of nitrogens with one attached hydrogen (secondary N) is 2. The summed E-state index contributed by atoms with van der Waals surface area (Å²) in [4.78, 5) is 26.7. The highest BCUT2D eigenvalue weighted by molar-refractivity contribution is 5.98.